The summed E-state index contributed by atoms with van der Waals surface area (Å²) in [5.74, 6) is 0.739. The first-order valence-corrected chi connectivity index (χ1v) is 7.28. The summed E-state index contributed by atoms with van der Waals surface area (Å²) < 4.78 is 2.39. The number of likely N-dealkylation sites (tertiary alicyclic amines) is 1. The number of ketones is 1. The Hall–Kier alpha value is 0.320. The van der Waals surface area contributed by atoms with Crippen LogP contribution in [0.1, 0.15) is 32.6 Å². The lowest BCUT2D eigenvalue weighted by atomic mass is 9.91. The molecule has 0 spiro atoms. The first-order valence-electron chi connectivity index (χ1n) is 6.32. The Morgan fingerprint density at radius 2 is 1.62 bits per heavy atom. The minimum Gasteiger partial charge on any atom is -0.300 e. The second-order valence-electron chi connectivity index (χ2n) is 5.06. The highest BCUT2D eigenvalue weighted by atomic mass is 127. The van der Waals surface area contributed by atoms with E-state index in [4.69, 9.17) is 0 Å². The Morgan fingerprint density at radius 3 is 2.12 bits per heavy atom. The molecule has 0 aromatic heterocycles. The Kier molecular flexibility index (Phi) is 4.61. The molecule has 0 aliphatic carbocycles. The number of hydrogen-bond donors (Lipinski definition) is 0. The summed E-state index contributed by atoms with van der Waals surface area (Å²) in [4.78, 5) is 13.9. The second-order valence-corrected chi connectivity index (χ2v) is 6.43. The van der Waals surface area contributed by atoms with E-state index in [2.05, 4.69) is 30.9 Å². The van der Waals surface area contributed by atoms with Crippen LogP contribution in [0.15, 0.2) is 0 Å². The van der Waals surface area contributed by atoms with Crippen LogP contribution in [0.2, 0.25) is 0 Å². The number of hydrogen-bond acceptors (Lipinski definition) is 3. The van der Waals surface area contributed by atoms with Gasteiger partial charge in [-0.05, 0) is 45.7 Å². The first kappa shape index (κ1) is 12.8. The standard InChI is InChI=1S/C12H21IN2O/c1-10(16)11-2-6-14(7-3-11)12-4-8-15(13)9-5-12/h11-12H,2-9H2,1H3. The Morgan fingerprint density at radius 1 is 1.06 bits per heavy atom. The van der Waals surface area contributed by atoms with Gasteiger partial charge in [0.25, 0.3) is 0 Å². The number of Topliss-reactive ketones (excluding diaryl/α,β-unsaturated/α-hetero) is 1. The number of carbonyl (C=O) groups excluding carboxylic acids is 1. The molecule has 16 heavy (non-hydrogen) atoms. The number of halogens is 1. The average molecular weight is 336 g/mol. The van der Waals surface area contributed by atoms with Gasteiger partial charge in [0, 0.05) is 47.9 Å². The van der Waals surface area contributed by atoms with Crippen LogP contribution < -0.4 is 0 Å². The molecule has 0 saturated carbocycles. The van der Waals surface area contributed by atoms with Crippen LogP contribution in [-0.2, 0) is 4.79 Å². The molecule has 0 radical (unpaired) electrons. The predicted molar refractivity (Wildman–Crippen MR) is 73.6 cm³/mol. The van der Waals surface area contributed by atoms with Gasteiger partial charge in [0.05, 0.1) is 0 Å². The summed E-state index contributed by atoms with van der Waals surface area (Å²) in [5, 5.41) is 0. The first-order chi connectivity index (χ1) is 7.66. The largest absolute Gasteiger partial charge is 0.300 e. The van der Waals surface area contributed by atoms with E-state index in [1.165, 1.54) is 25.9 Å². The van der Waals surface area contributed by atoms with Crippen molar-refractivity contribution < 1.29 is 4.79 Å². The molecule has 0 bridgehead atoms. The third-order valence-electron chi connectivity index (χ3n) is 4.03. The molecule has 4 heteroatoms. The van der Waals surface area contributed by atoms with Crippen LogP contribution in [0, 0.1) is 5.92 Å². The van der Waals surface area contributed by atoms with E-state index < -0.39 is 0 Å². The highest BCUT2D eigenvalue weighted by Crippen LogP contribution is 2.25. The summed E-state index contributed by atoms with van der Waals surface area (Å²) in [6.45, 7) is 6.46. The van der Waals surface area contributed by atoms with E-state index in [0.29, 0.717) is 11.7 Å². The molecule has 3 nitrogen and oxygen atoms in total. The predicted octanol–water partition coefficient (Wildman–Crippen LogP) is 2.10. The number of piperidine rings is 2. The molecular weight excluding hydrogens is 315 g/mol. The molecule has 2 aliphatic rings. The van der Waals surface area contributed by atoms with E-state index in [1.807, 2.05) is 0 Å². The third kappa shape index (κ3) is 3.17. The summed E-state index contributed by atoms with van der Waals surface area (Å²) in [6.07, 6.45) is 4.76. The van der Waals surface area contributed by atoms with Crippen molar-refractivity contribution in [2.24, 2.45) is 5.92 Å². The fourth-order valence-corrected chi connectivity index (χ4v) is 3.43. The van der Waals surface area contributed by atoms with E-state index in [-0.39, 0.29) is 0 Å². The molecule has 92 valence electrons. The highest BCUT2D eigenvalue weighted by Gasteiger charge is 2.28. The topological polar surface area (TPSA) is 23.6 Å². The van der Waals surface area contributed by atoms with Crippen LogP contribution in [0.3, 0.4) is 0 Å². The van der Waals surface area contributed by atoms with Crippen molar-refractivity contribution in [2.45, 2.75) is 38.6 Å². The number of nitrogens with zero attached hydrogens (tertiary/aromatic N) is 2. The van der Waals surface area contributed by atoms with Gasteiger partial charge in [-0.2, -0.15) is 0 Å². The van der Waals surface area contributed by atoms with Crippen molar-refractivity contribution in [3.05, 3.63) is 0 Å². The van der Waals surface area contributed by atoms with Gasteiger partial charge in [0.15, 0.2) is 0 Å². The molecule has 0 amide bonds. The molecular formula is C12H21IN2O. The molecule has 0 aromatic rings. The van der Waals surface area contributed by atoms with Crippen LogP contribution in [-0.4, -0.2) is 46.0 Å². The molecule has 0 aromatic carbocycles. The molecule has 2 fully saturated rings. The maximum absolute atomic E-state index is 11.3. The molecule has 2 saturated heterocycles. The van der Waals surface area contributed by atoms with Gasteiger partial charge < -0.3 is 4.90 Å². The van der Waals surface area contributed by atoms with E-state index in [0.717, 1.165) is 32.0 Å². The lowest BCUT2D eigenvalue weighted by Gasteiger charge is -2.40. The molecule has 0 atom stereocenters. The maximum atomic E-state index is 11.3. The minimum absolute atomic E-state index is 0.348. The fourth-order valence-electron chi connectivity index (χ4n) is 2.87. The zero-order valence-electron chi connectivity index (χ0n) is 9.99. The van der Waals surface area contributed by atoms with Gasteiger partial charge in [-0.1, -0.05) is 0 Å². The van der Waals surface area contributed by atoms with Crippen LogP contribution in [0.4, 0.5) is 0 Å². The van der Waals surface area contributed by atoms with Crippen molar-refractivity contribution in [3.63, 3.8) is 0 Å². The zero-order chi connectivity index (χ0) is 11.5. The van der Waals surface area contributed by atoms with Crippen LogP contribution in [0.5, 0.6) is 0 Å². The summed E-state index contributed by atoms with van der Waals surface area (Å²) in [5.41, 5.74) is 0. The van der Waals surface area contributed by atoms with Gasteiger partial charge in [-0.25, -0.2) is 3.11 Å². The Bertz CT molecular complexity index is 243. The van der Waals surface area contributed by atoms with Crippen LogP contribution >= 0.6 is 22.9 Å². The molecule has 0 unspecified atom stereocenters. The average Bonchev–Trinajstić information content (AvgIpc) is 2.30. The van der Waals surface area contributed by atoms with Gasteiger partial charge in [0.1, 0.15) is 5.78 Å². The Labute approximate surface area is 112 Å². The van der Waals surface area contributed by atoms with E-state index in [9.17, 15) is 4.79 Å². The third-order valence-corrected chi connectivity index (χ3v) is 5.00. The summed E-state index contributed by atoms with van der Waals surface area (Å²) in [6, 6.07) is 0.777. The van der Waals surface area contributed by atoms with Gasteiger partial charge in [-0.15, -0.1) is 0 Å². The molecule has 2 heterocycles. The maximum Gasteiger partial charge on any atom is 0.133 e. The van der Waals surface area contributed by atoms with Crippen molar-refractivity contribution in [1.82, 2.24) is 8.01 Å². The zero-order valence-corrected chi connectivity index (χ0v) is 12.1. The van der Waals surface area contributed by atoms with Crippen molar-refractivity contribution in [3.8, 4) is 0 Å². The van der Waals surface area contributed by atoms with Crippen molar-refractivity contribution in [2.75, 3.05) is 26.2 Å². The lowest BCUT2D eigenvalue weighted by Crippen LogP contribution is -2.46. The quantitative estimate of drug-likeness (QED) is 0.570. The van der Waals surface area contributed by atoms with Gasteiger partial charge in [0.2, 0.25) is 0 Å². The summed E-state index contributed by atoms with van der Waals surface area (Å²) in [7, 11) is 0. The van der Waals surface area contributed by atoms with Gasteiger partial charge >= 0.3 is 0 Å². The minimum atomic E-state index is 0.348. The number of rotatable bonds is 2. The highest BCUT2D eigenvalue weighted by molar-refractivity contribution is 14.1. The van der Waals surface area contributed by atoms with Gasteiger partial charge in [-0.3, -0.25) is 4.79 Å². The Balaban J connectivity index is 1.78. The van der Waals surface area contributed by atoms with Crippen LogP contribution in [0.25, 0.3) is 0 Å². The fraction of sp³-hybridized carbons (Fsp3) is 0.917. The number of carbonyl (C=O) groups is 1. The van der Waals surface area contributed by atoms with E-state index in [1.54, 1.807) is 6.92 Å². The van der Waals surface area contributed by atoms with Crippen molar-refractivity contribution >= 4 is 28.6 Å². The second kappa shape index (κ2) is 5.78. The smallest absolute Gasteiger partial charge is 0.133 e. The molecule has 2 rings (SSSR count). The monoisotopic (exact) mass is 336 g/mol. The lowest BCUT2D eigenvalue weighted by molar-refractivity contribution is -0.122. The molecule has 0 N–H and O–H groups in total. The summed E-state index contributed by atoms with van der Waals surface area (Å²) >= 11 is 2.42. The SMILES string of the molecule is CC(=O)C1CCN(C2CCN(I)CC2)CC1. The molecule has 2 aliphatic heterocycles. The normalized spacial score (nSPS) is 27.1. The van der Waals surface area contributed by atoms with Crippen molar-refractivity contribution in [1.29, 1.82) is 0 Å². The van der Waals surface area contributed by atoms with E-state index >= 15 is 0 Å².